The van der Waals surface area contributed by atoms with Crippen LogP contribution < -0.4 is 0 Å². The van der Waals surface area contributed by atoms with Gasteiger partial charge in [0.2, 0.25) is 0 Å². The third kappa shape index (κ3) is 3.42. The molecule has 0 aliphatic rings. The monoisotopic (exact) mass is 210 g/mol. The summed E-state index contributed by atoms with van der Waals surface area (Å²) in [4.78, 5) is 10.9. The third-order valence-corrected chi connectivity index (χ3v) is 2.07. The summed E-state index contributed by atoms with van der Waals surface area (Å²) in [6, 6.07) is 6.11. The van der Waals surface area contributed by atoms with Crippen LogP contribution in [0.1, 0.15) is 16.7 Å². The number of rotatable bonds is 3. The number of carbonyl (C=O) groups is 1. The Morgan fingerprint density at radius 3 is 2.36 bits per heavy atom. The van der Waals surface area contributed by atoms with Crippen LogP contribution in [0.25, 0.3) is 0 Å². The molecule has 0 saturated heterocycles. The lowest BCUT2D eigenvalue weighted by atomic mass is 10.1. The van der Waals surface area contributed by atoms with E-state index in [-0.39, 0.29) is 11.7 Å². The average molecular weight is 210 g/mol. The topological polar surface area (TPSA) is 26.3 Å². The first-order valence-corrected chi connectivity index (χ1v) is 5.08. The lowest BCUT2D eigenvalue weighted by Gasteiger charge is -2.05. The molecule has 0 radical (unpaired) electrons. The number of carbonyl (C=O) groups excluding carboxylic acids is 1. The van der Waals surface area contributed by atoms with Crippen molar-refractivity contribution in [3.05, 3.63) is 34.9 Å². The highest BCUT2D eigenvalue weighted by molar-refractivity contribution is 7.81. The normalized spacial score (nSPS) is 9.93. The fourth-order valence-electron chi connectivity index (χ4n) is 1.36. The Morgan fingerprint density at radius 1 is 1.29 bits per heavy atom. The van der Waals surface area contributed by atoms with Crippen molar-refractivity contribution in [3.63, 3.8) is 0 Å². The molecule has 0 amide bonds. The zero-order valence-electron chi connectivity index (χ0n) is 8.41. The Bertz CT molecular complexity index is 314. The molecule has 0 bridgehead atoms. The standard InChI is InChI=1S/C11H14O2S/c1-8-3-9(2)5-10(4-8)6-13-11(12)7-14/h3-5,14H,6-7H2,1-2H3. The van der Waals surface area contributed by atoms with Crippen molar-refractivity contribution in [3.8, 4) is 0 Å². The smallest absolute Gasteiger partial charge is 0.315 e. The van der Waals surface area contributed by atoms with Crippen LogP contribution in [0.5, 0.6) is 0 Å². The second-order valence-electron chi connectivity index (χ2n) is 3.31. The lowest BCUT2D eigenvalue weighted by Crippen LogP contribution is -2.05. The molecule has 0 fully saturated rings. The highest BCUT2D eigenvalue weighted by Crippen LogP contribution is 2.09. The van der Waals surface area contributed by atoms with Crippen molar-refractivity contribution in [2.45, 2.75) is 20.5 Å². The van der Waals surface area contributed by atoms with Crippen molar-refractivity contribution < 1.29 is 9.53 Å². The summed E-state index contributed by atoms with van der Waals surface area (Å²) in [7, 11) is 0. The molecule has 0 saturated carbocycles. The summed E-state index contributed by atoms with van der Waals surface area (Å²) in [5.74, 6) is -0.155. The second-order valence-corrected chi connectivity index (χ2v) is 3.63. The first kappa shape index (κ1) is 11.1. The summed E-state index contributed by atoms with van der Waals surface area (Å²) in [5, 5.41) is 0. The molecule has 14 heavy (non-hydrogen) atoms. The lowest BCUT2D eigenvalue weighted by molar-refractivity contribution is -0.141. The van der Waals surface area contributed by atoms with Gasteiger partial charge in [0.1, 0.15) is 6.61 Å². The van der Waals surface area contributed by atoms with E-state index in [2.05, 4.69) is 18.7 Å². The zero-order valence-corrected chi connectivity index (χ0v) is 9.30. The van der Waals surface area contributed by atoms with Crippen molar-refractivity contribution in [1.82, 2.24) is 0 Å². The maximum absolute atomic E-state index is 10.9. The number of hydrogen-bond donors (Lipinski definition) is 1. The van der Waals surface area contributed by atoms with Crippen LogP contribution >= 0.6 is 12.6 Å². The van der Waals surface area contributed by atoms with Gasteiger partial charge in [0.25, 0.3) is 0 Å². The van der Waals surface area contributed by atoms with Crippen LogP contribution in [-0.2, 0) is 16.1 Å². The van der Waals surface area contributed by atoms with Crippen LogP contribution in [0.4, 0.5) is 0 Å². The van der Waals surface area contributed by atoms with Gasteiger partial charge in [-0.3, -0.25) is 4.79 Å². The molecule has 1 rings (SSSR count). The minimum Gasteiger partial charge on any atom is -0.460 e. The van der Waals surface area contributed by atoms with E-state index >= 15 is 0 Å². The van der Waals surface area contributed by atoms with E-state index in [0.717, 1.165) is 5.56 Å². The first-order valence-electron chi connectivity index (χ1n) is 4.45. The molecule has 0 aliphatic carbocycles. The molecule has 0 heterocycles. The molecular formula is C11H14O2S. The highest BCUT2D eigenvalue weighted by Gasteiger charge is 2.00. The molecule has 76 valence electrons. The van der Waals surface area contributed by atoms with Gasteiger partial charge in [-0.05, 0) is 19.4 Å². The van der Waals surface area contributed by atoms with Gasteiger partial charge < -0.3 is 4.74 Å². The Morgan fingerprint density at radius 2 is 1.86 bits per heavy atom. The summed E-state index contributed by atoms with van der Waals surface area (Å²) in [6.45, 7) is 4.38. The van der Waals surface area contributed by atoms with Gasteiger partial charge in [0, 0.05) is 0 Å². The molecule has 1 aromatic rings. The molecule has 3 heteroatoms. The SMILES string of the molecule is Cc1cc(C)cc(COC(=O)CS)c1. The number of ether oxygens (including phenoxy) is 1. The summed E-state index contributed by atoms with van der Waals surface area (Å²) >= 11 is 3.83. The highest BCUT2D eigenvalue weighted by atomic mass is 32.1. The first-order chi connectivity index (χ1) is 6.61. The van der Waals surface area contributed by atoms with Crippen LogP contribution in [-0.4, -0.2) is 11.7 Å². The number of aryl methyl sites for hydroxylation is 2. The fourth-order valence-corrected chi connectivity index (χ4v) is 1.45. The summed E-state index contributed by atoms with van der Waals surface area (Å²) in [6.07, 6.45) is 0. The minimum atomic E-state index is -0.285. The largest absolute Gasteiger partial charge is 0.460 e. The molecule has 0 aliphatic heterocycles. The number of esters is 1. The van der Waals surface area contributed by atoms with Gasteiger partial charge in [-0.1, -0.05) is 29.3 Å². The molecule has 0 unspecified atom stereocenters. The van der Waals surface area contributed by atoms with E-state index in [0.29, 0.717) is 6.61 Å². The predicted octanol–water partition coefficient (Wildman–Crippen LogP) is 2.28. The number of thiol groups is 1. The predicted molar refractivity (Wildman–Crippen MR) is 59.6 cm³/mol. The van der Waals surface area contributed by atoms with Crippen molar-refractivity contribution >= 4 is 18.6 Å². The van der Waals surface area contributed by atoms with Crippen LogP contribution in [0, 0.1) is 13.8 Å². The van der Waals surface area contributed by atoms with E-state index in [1.54, 1.807) is 0 Å². The second kappa shape index (κ2) is 5.05. The van der Waals surface area contributed by atoms with E-state index in [1.807, 2.05) is 26.0 Å². The van der Waals surface area contributed by atoms with Crippen molar-refractivity contribution in [2.24, 2.45) is 0 Å². The van der Waals surface area contributed by atoms with Gasteiger partial charge >= 0.3 is 5.97 Å². The van der Waals surface area contributed by atoms with Crippen LogP contribution in [0.15, 0.2) is 18.2 Å². The molecule has 0 N–H and O–H groups in total. The van der Waals surface area contributed by atoms with Gasteiger partial charge in [-0.2, -0.15) is 12.6 Å². The van der Waals surface area contributed by atoms with Crippen LogP contribution in [0.2, 0.25) is 0 Å². The molecule has 1 aromatic carbocycles. The average Bonchev–Trinajstić information content (AvgIpc) is 2.12. The fraction of sp³-hybridized carbons (Fsp3) is 0.364. The third-order valence-electron chi connectivity index (χ3n) is 1.81. The van der Waals surface area contributed by atoms with E-state index in [4.69, 9.17) is 4.74 Å². The maximum atomic E-state index is 10.9. The van der Waals surface area contributed by atoms with Gasteiger partial charge in [0.05, 0.1) is 5.75 Å². The Labute approximate surface area is 89.7 Å². The van der Waals surface area contributed by atoms with E-state index in [9.17, 15) is 4.79 Å². The number of benzene rings is 1. The van der Waals surface area contributed by atoms with E-state index in [1.165, 1.54) is 11.1 Å². The number of hydrogen-bond acceptors (Lipinski definition) is 3. The molecule has 2 nitrogen and oxygen atoms in total. The van der Waals surface area contributed by atoms with E-state index < -0.39 is 0 Å². The molecular weight excluding hydrogens is 196 g/mol. The Balaban J connectivity index is 2.63. The van der Waals surface area contributed by atoms with Crippen LogP contribution in [0.3, 0.4) is 0 Å². The Hall–Kier alpha value is -0.960. The van der Waals surface area contributed by atoms with Crippen molar-refractivity contribution in [1.29, 1.82) is 0 Å². The minimum absolute atomic E-state index is 0.130. The van der Waals surface area contributed by atoms with Gasteiger partial charge in [0.15, 0.2) is 0 Å². The molecule has 0 spiro atoms. The van der Waals surface area contributed by atoms with Gasteiger partial charge in [-0.15, -0.1) is 0 Å². The summed E-state index contributed by atoms with van der Waals surface area (Å²) in [5.41, 5.74) is 3.39. The Kier molecular flexibility index (Phi) is 4.01. The summed E-state index contributed by atoms with van der Waals surface area (Å²) < 4.78 is 4.97. The maximum Gasteiger partial charge on any atom is 0.315 e. The molecule has 0 aromatic heterocycles. The quantitative estimate of drug-likeness (QED) is 0.612. The van der Waals surface area contributed by atoms with Gasteiger partial charge in [-0.25, -0.2) is 0 Å². The van der Waals surface area contributed by atoms with Crippen molar-refractivity contribution in [2.75, 3.05) is 5.75 Å². The molecule has 0 atom stereocenters. The zero-order chi connectivity index (χ0) is 10.6.